The van der Waals surface area contributed by atoms with Crippen molar-refractivity contribution < 1.29 is 9.77 Å². The Bertz CT molecular complexity index is 549. The molecule has 1 aromatic carbocycles. The Labute approximate surface area is 90.3 Å². The maximum atomic E-state index is 11.3. The number of non-ortho nitro benzene ring substituents is 1. The first-order chi connectivity index (χ1) is 7.59. The zero-order valence-electron chi connectivity index (χ0n) is 8.40. The van der Waals surface area contributed by atoms with Gasteiger partial charge in [0.15, 0.2) is 6.20 Å². The molecule has 7 heteroatoms. The highest BCUT2D eigenvalue weighted by atomic mass is 16.6. The van der Waals surface area contributed by atoms with Crippen LogP contribution in [-0.2, 0) is 0 Å². The maximum Gasteiger partial charge on any atom is 0.271 e. The van der Waals surface area contributed by atoms with Crippen LogP contribution in [0.5, 0.6) is 0 Å². The summed E-state index contributed by atoms with van der Waals surface area (Å²) in [5.41, 5.74) is 1.06. The lowest BCUT2D eigenvalue weighted by atomic mass is 10.2. The van der Waals surface area contributed by atoms with Crippen molar-refractivity contribution >= 4 is 5.69 Å². The van der Waals surface area contributed by atoms with Gasteiger partial charge in [0.05, 0.1) is 4.92 Å². The minimum Gasteiger partial charge on any atom is -0.692 e. The highest BCUT2D eigenvalue weighted by Crippen LogP contribution is 2.18. The molecule has 2 rings (SSSR count). The van der Waals surface area contributed by atoms with Gasteiger partial charge in [0.1, 0.15) is 5.69 Å². The minimum absolute atomic E-state index is 0.0731. The van der Waals surface area contributed by atoms with Gasteiger partial charge in [0, 0.05) is 17.2 Å². The number of rotatable bonds is 2. The van der Waals surface area contributed by atoms with E-state index in [2.05, 4.69) is 5.10 Å². The van der Waals surface area contributed by atoms with Crippen LogP contribution in [0.4, 0.5) is 5.69 Å². The van der Waals surface area contributed by atoms with Crippen LogP contribution < -0.4 is 4.85 Å². The van der Waals surface area contributed by atoms with Gasteiger partial charge in [-0.2, -0.15) is 4.85 Å². The predicted molar refractivity (Wildman–Crippen MR) is 53.9 cm³/mol. The topological polar surface area (TPSA) is 87.9 Å². The summed E-state index contributed by atoms with van der Waals surface area (Å²) >= 11 is 0. The van der Waals surface area contributed by atoms with Crippen LogP contribution in [0.15, 0.2) is 30.6 Å². The summed E-state index contributed by atoms with van der Waals surface area (Å²) in [6.07, 6.45) is 2.55. The molecule has 0 aliphatic carbocycles. The summed E-state index contributed by atoms with van der Waals surface area (Å²) in [5, 5.41) is 25.7. The quantitative estimate of drug-likeness (QED) is 0.323. The van der Waals surface area contributed by atoms with Crippen molar-refractivity contribution in [2.45, 2.75) is 6.92 Å². The Morgan fingerprint density at radius 3 is 2.81 bits per heavy atom. The fraction of sp³-hybridized carbons (Fsp3) is 0.111. The third kappa shape index (κ3) is 1.58. The highest BCUT2D eigenvalue weighted by molar-refractivity contribution is 5.47. The summed E-state index contributed by atoms with van der Waals surface area (Å²) < 4.78 is 0. The molecule has 0 N–H and O–H groups in total. The Balaban J connectivity index is 2.60. The van der Waals surface area contributed by atoms with Crippen molar-refractivity contribution in [2.75, 3.05) is 0 Å². The van der Waals surface area contributed by atoms with Gasteiger partial charge in [-0.25, -0.2) is 0 Å². The summed E-state index contributed by atoms with van der Waals surface area (Å²) in [6, 6.07) is 4.28. The van der Waals surface area contributed by atoms with Crippen molar-refractivity contribution in [3.63, 3.8) is 0 Å². The molecular formula is C9H8N4O3. The van der Waals surface area contributed by atoms with E-state index < -0.39 is 4.92 Å². The minimum atomic E-state index is -0.512. The molecule has 2 aromatic rings. The fourth-order valence-corrected chi connectivity index (χ4v) is 1.36. The molecule has 7 nitrogen and oxygen atoms in total. The number of aromatic nitrogens is 3. The van der Waals surface area contributed by atoms with Crippen molar-refractivity contribution in [2.24, 2.45) is 0 Å². The molecule has 0 aliphatic rings. The van der Waals surface area contributed by atoms with E-state index in [1.807, 2.05) is 0 Å². The standard InChI is InChI=1S/C9H8N4O3/c1-7-2-3-8(13(15)16)6-9(7)12-10-4-5-11(12)14/h2-6H,1H3. The highest BCUT2D eigenvalue weighted by Gasteiger charge is 2.14. The maximum absolute atomic E-state index is 11.3. The third-order valence-electron chi connectivity index (χ3n) is 2.18. The lowest BCUT2D eigenvalue weighted by molar-refractivity contribution is -0.688. The van der Waals surface area contributed by atoms with E-state index in [0.717, 1.165) is 10.4 Å². The second-order valence-electron chi connectivity index (χ2n) is 3.23. The number of benzene rings is 1. The van der Waals surface area contributed by atoms with E-state index in [9.17, 15) is 15.3 Å². The van der Waals surface area contributed by atoms with Crippen LogP contribution in [-0.4, -0.2) is 14.8 Å². The molecule has 0 atom stereocenters. The van der Waals surface area contributed by atoms with E-state index >= 15 is 0 Å². The fourth-order valence-electron chi connectivity index (χ4n) is 1.36. The molecule has 0 spiro atoms. The second-order valence-corrected chi connectivity index (χ2v) is 3.23. The first-order valence-corrected chi connectivity index (χ1v) is 4.48. The number of nitro groups is 1. The van der Waals surface area contributed by atoms with Crippen LogP contribution in [0.25, 0.3) is 5.69 Å². The van der Waals surface area contributed by atoms with Crippen LogP contribution in [0.1, 0.15) is 5.56 Å². The first kappa shape index (κ1) is 10.1. The molecule has 0 aliphatic heterocycles. The van der Waals surface area contributed by atoms with Gasteiger partial charge in [-0.3, -0.25) is 10.1 Å². The molecule has 0 saturated carbocycles. The molecular weight excluding hydrogens is 212 g/mol. The molecule has 16 heavy (non-hydrogen) atoms. The molecule has 0 saturated heterocycles. The molecule has 82 valence electrons. The number of nitrogens with zero attached hydrogens (tertiary/aromatic N) is 4. The lowest BCUT2D eigenvalue weighted by Gasteiger charge is -2.05. The second kappa shape index (κ2) is 3.61. The normalized spacial score (nSPS) is 10.3. The average molecular weight is 220 g/mol. The van der Waals surface area contributed by atoms with Gasteiger partial charge < -0.3 is 5.21 Å². The smallest absolute Gasteiger partial charge is 0.271 e. The molecule has 1 aromatic heterocycles. The number of hydrogen-bond acceptors (Lipinski definition) is 4. The average Bonchev–Trinajstić information content (AvgIpc) is 2.65. The SMILES string of the molecule is Cc1ccc([N+](=O)[O-])cc1-n1ncc[n+]1[O-]. The van der Waals surface area contributed by atoms with Crippen LogP contribution in [0.2, 0.25) is 0 Å². The van der Waals surface area contributed by atoms with Gasteiger partial charge >= 0.3 is 0 Å². The monoisotopic (exact) mass is 220 g/mol. The number of nitro benzene ring substituents is 1. The van der Waals surface area contributed by atoms with Crippen molar-refractivity contribution in [1.82, 2.24) is 9.90 Å². The number of hydrogen-bond donors (Lipinski definition) is 0. The van der Waals surface area contributed by atoms with Gasteiger partial charge in [-0.05, 0) is 17.3 Å². The summed E-state index contributed by atoms with van der Waals surface area (Å²) in [5.74, 6) is 0. The van der Waals surface area contributed by atoms with Gasteiger partial charge in [-0.1, -0.05) is 6.07 Å². The van der Waals surface area contributed by atoms with Crippen molar-refractivity contribution in [1.29, 1.82) is 0 Å². The van der Waals surface area contributed by atoms with Gasteiger partial charge in [-0.15, -0.1) is 0 Å². The molecule has 0 radical (unpaired) electrons. The van der Waals surface area contributed by atoms with E-state index in [4.69, 9.17) is 0 Å². The Kier molecular flexibility index (Phi) is 2.28. The Hall–Kier alpha value is -2.44. The molecule has 0 amide bonds. The zero-order chi connectivity index (χ0) is 11.7. The molecule has 0 fully saturated rings. The first-order valence-electron chi connectivity index (χ1n) is 4.48. The van der Waals surface area contributed by atoms with Crippen LogP contribution in [0, 0.1) is 22.2 Å². The molecule has 0 unspecified atom stereocenters. The zero-order valence-corrected chi connectivity index (χ0v) is 8.40. The van der Waals surface area contributed by atoms with Crippen LogP contribution >= 0.6 is 0 Å². The Morgan fingerprint density at radius 2 is 2.25 bits per heavy atom. The van der Waals surface area contributed by atoms with Gasteiger partial charge in [0.25, 0.3) is 5.69 Å². The van der Waals surface area contributed by atoms with Crippen molar-refractivity contribution in [3.05, 3.63) is 51.5 Å². The summed E-state index contributed by atoms with van der Waals surface area (Å²) in [4.78, 5) is 11.7. The largest absolute Gasteiger partial charge is 0.692 e. The number of aryl methyl sites for hydroxylation is 1. The van der Waals surface area contributed by atoms with E-state index in [0.29, 0.717) is 10.5 Å². The van der Waals surface area contributed by atoms with E-state index in [1.54, 1.807) is 13.0 Å². The lowest BCUT2D eigenvalue weighted by Crippen LogP contribution is -2.36. The van der Waals surface area contributed by atoms with Crippen molar-refractivity contribution in [3.8, 4) is 5.69 Å². The van der Waals surface area contributed by atoms with Crippen LogP contribution in [0.3, 0.4) is 0 Å². The predicted octanol–water partition coefficient (Wildman–Crippen LogP) is 0.722. The van der Waals surface area contributed by atoms with Gasteiger partial charge in [0.2, 0.25) is 6.20 Å². The summed E-state index contributed by atoms with van der Waals surface area (Å²) in [7, 11) is 0. The molecule has 0 bridgehead atoms. The summed E-state index contributed by atoms with van der Waals surface area (Å²) in [6.45, 7) is 1.75. The molecule has 1 heterocycles. The van der Waals surface area contributed by atoms with E-state index in [-0.39, 0.29) is 5.69 Å². The van der Waals surface area contributed by atoms with E-state index in [1.165, 1.54) is 24.5 Å². The Morgan fingerprint density at radius 1 is 1.50 bits per heavy atom. The third-order valence-corrected chi connectivity index (χ3v) is 2.18.